The fourth-order valence-electron chi connectivity index (χ4n) is 3.79. The molecule has 3 aromatic rings. The predicted molar refractivity (Wildman–Crippen MR) is 128 cm³/mol. The van der Waals surface area contributed by atoms with Crippen LogP contribution in [0.15, 0.2) is 60.7 Å². The Hall–Kier alpha value is -4.67. The standard InChI is InChI=1S/C25H22FN3O7/c1-34-18-5-7-19(8-6-18)36-23-12-16(3-10-22(23)35-2)27-25(31)15-11-24(30)28(14-15)17-4-9-20(26)21(13-17)29(32)33/h3-10,12-13,15H,11,14H2,1-2H3,(H,27,31)/t15-/m1/s1. The number of methoxy groups -OCH3 is 2. The van der Waals surface area contributed by atoms with Crippen molar-refractivity contribution < 1.29 is 33.1 Å². The average Bonchev–Trinajstić information content (AvgIpc) is 3.26. The molecule has 1 fully saturated rings. The van der Waals surface area contributed by atoms with Crippen LogP contribution in [0.2, 0.25) is 0 Å². The highest BCUT2D eigenvalue weighted by Gasteiger charge is 2.36. The van der Waals surface area contributed by atoms with E-state index >= 15 is 0 Å². The minimum Gasteiger partial charge on any atom is -0.497 e. The zero-order valence-corrected chi connectivity index (χ0v) is 19.4. The summed E-state index contributed by atoms with van der Waals surface area (Å²) in [5, 5.41) is 13.8. The van der Waals surface area contributed by atoms with Crippen LogP contribution in [-0.2, 0) is 9.59 Å². The van der Waals surface area contributed by atoms with E-state index in [0.29, 0.717) is 28.7 Å². The van der Waals surface area contributed by atoms with Gasteiger partial charge in [-0.1, -0.05) is 0 Å². The van der Waals surface area contributed by atoms with Crippen molar-refractivity contribution in [2.45, 2.75) is 6.42 Å². The van der Waals surface area contributed by atoms with E-state index in [-0.39, 0.29) is 18.7 Å². The minimum atomic E-state index is -1.00. The Morgan fingerprint density at radius 3 is 2.42 bits per heavy atom. The number of hydrogen-bond donors (Lipinski definition) is 1. The van der Waals surface area contributed by atoms with Gasteiger partial charge < -0.3 is 24.4 Å². The van der Waals surface area contributed by atoms with Crippen molar-refractivity contribution in [2.75, 3.05) is 31.0 Å². The Bertz CT molecular complexity index is 1310. The Balaban J connectivity index is 1.47. The van der Waals surface area contributed by atoms with Crippen LogP contribution in [0.4, 0.5) is 21.5 Å². The van der Waals surface area contributed by atoms with Gasteiger partial charge in [0.25, 0.3) is 0 Å². The summed E-state index contributed by atoms with van der Waals surface area (Å²) in [7, 11) is 3.05. The molecule has 186 valence electrons. The molecule has 11 heteroatoms. The lowest BCUT2D eigenvalue weighted by Crippen LogP contribution is -2.28. The van der Waals surface area contributed by atoms with Crippen LogP contribution in [0.25, 0.3) is 0 Å². The normalized spacial score (nSPS) is 14.9. The van der Waals surface area contributed by atoms with Crippen LogP contribution >= 0.6 is 0 Å². The monoisotopic (exact) mass is 495 g/mol. The molecule has 1 N–H and O–H groups in total. The zero-order chi connectivity index (χ0) is 25.8. The number of carbonyl (C=O) groups is 2. The molecule has 1 atom stereocenters. The number of amides is 2. The van der Waals surface area contributed by atoms with Crippen LogP contribution in [-0.4, -0.2) is 37.5 Å². The molecule has 0 radical (unpaired) electrons. The zero-order valence-electron chi connectivity index (χ0n) is 19.4. The molecule has 2 amide bonds. The lowest BCUT2D eigenvalue weighted by molar-refractivity contribution is -0.387. The van der Waals surface area contributed by atoms with Crippen LogP contribution in [0.5, 0.6) is 23.0 Å². The van der Waals surface area contributed by atoms with E-state index in [1.54, 1.807) is 49.6 Å². The van der Waals surface area contributed by atoms with Gasteiger partial charge in [-0.05, 0) is 48.5 Å². The quantitative estimate of drug-likeness (QED) is 0.360. The summed E-state index contributed by atoms with van der Waals surface area (Å²) in [5.41, 5.74) is -0.161. The van der Waals surface area contributed by atoms with Crippen molar-refractivity contribution in [3.05, 3.63) is 76.6 Å². The molecule has 36 heavy (non-hydrogen) atoms. The van der Waals surface area contributed by atoms with E-state index in [9.17, 15) is 24.1 Å². The first-order valence-electron chi connectivity index (χ1n) is 10.8. The summed E-state index contributed by atoms with van der Waals surface area (Å²) in [5.74, 6) is -0.509. The summed E-state index contributed by atoms with van der Waals surface area (Å²) in [4.78, 5) is 36.9. The van der Waals surface area contributed by atoms with E-state index in [2.05, 4.69) is 5.32 Å². The summed E-state index contributed by atoms with van der Waals surface area (Å²) >= 11 is 0. The number of ether oxygens (including phenoxy) is 3. The number of nitro benzene ring substituents is 1. The second-order valence-corrected chi connectivity index (χ2v) is 7.93. The maximum Gasteiger partial charge on any atom is 0.306 e. The molecule has 0 bridgehead atoms. The number of halogens is 1. The van der Waals surface area contributed by atoms with E-state index in [4.69, 9.17) is 14.2 Å². The molecule has 0 aliphatic carbocycles. The van der Waals surface area contributed by atoms with Crippen LogP contribution in [0.3, 0.4) is 0 Å². The molecule has 1 saturated heterocycles. The Kier molecular flexibility index (Phi) is 7.00. The van der Waals surface area contributed by atoms with Crippen molar-refractivity contribution in [3.8, 4) is 23.0 Å². The Labute approximate surface area is 205 Å². The molecular formula is C25H22FN3O7. The molecular weight excluding hydrogens is 473 g/mol. The Morgan fingerprint density at radius 2 is 1.75 bits per heavy atom. The Morgan fingerprint density at radius 1 is 1.03 bits per heavy atom. The van der Waals surface area contributed by atoms with Crippen molar-refractivity contribution >= 4 is 28.9 Å². The van der Waals surface area contributed by atoms with Gasteiger partial charge in [0.2, 0.25) is 17.6 Å². The third kappa shape index (κ3) is 5.19. The lowest BCUT2D eigenvalue weighted by Gasteiger charge is -2.17. The van der Waals surface area contributed by atoms with Crippen LogP contribution < -0.4 is 24.4 Å². The number of nitrogens with one attached hydrogen (secondary N) is 1. The predicted octanol–water partition coefficient (Wildman–Crippen LogP) is 4.54. The van der Waals surface area contributed by atoms with E-state index in [0.717, 1.165) is 12.1 Å². The van der Waals surface area contributed by atoms with Gasteiger partial charge in [0.1, 0.15) is 11.5 Å². The molecule has 0 aromatic heterocycles. The summed E-state index contributed by atoms with van der Waals surface area (Å²) in [6.45, 7) is -0.00118. The largest absolute Gasteiger partial charge is 0.497 e. The molecule has 1 aliphatic rings. The molecule has 1 aliphatic heterocycles. The number of benzene rings is 3. The maximum atomic E-state index is 13.7. The van der Waals surface area contributed by atoms with Gasteiger partial charge in [-0.15, -0.1) is 0 Å². The molecule has 1 heterocycles. The highest BCUT2D eigenvalue weighted by molar-refractivity contribution is 6.03. The van der Waals surface area contributed by atoms with Crippen LogP contribution in [0, 0.1) is 21.8 Å². The van der Waals surface area contributed by atoms with E-state index in [1.807, 2.05) is 0 Å². The number of nitro groups is 1. The van der Waals surface area contributed by atoms with Crippen molar-refractivity contribution in [1.29, 1.82) is 0 Å². The van der Waals surface area contributed by atoms with Gasteiger partial charge in [-0.2, -0.15) is 4.39 Å². The number of hydrogen-bond acceptors (Lipinski definition) is 7. The molecule has 0 unspecified atom stereocenters. The third-order valence-electron chi connectivity index (χ3n) is 5.65. The first kappa shape index (κ1) is 24.5. The van der Waals surface area contributed by atoms with Crippen LogP contribution in [0.1, 0.15) is 6.42 Å². The van der Waals surface area contributed by atoms with Gasteiger partial charge in [-0.25, -0.2) is 0 Å². The number of anilines is 2. The first-order chi connectivity index (χ1) is 17.3. The van der Waals surface area contributed by atoms with Gasteiger partial charge in [0.15, 0.2) is 11.5 Å². The summed E-state index contributed by atoms with van der Waals surface area (Å²) in [6.07, 6.45) is -0.0949. The maximum absolute atomic E-state index is 13.7. The fourth-order valence-corrected chi connectivity index (χ4v) is 3.79. The van der Waals surface area contributed by atoms with Gasteiger partial charge in [-0.3, -0.25) is 19.7 Å². The van der Waals surface area contributed by atoms with Gasteiger partial charge in [0, 0.05) is 30.8 Å². The highest BCUT2D eigenvalue weighted by Crippen LogP contribution is 2.35. The molecule has 4 rings (SSSR count). The number of carbonyl (C=O) groups excluding carboxylic acids is 2. The first-order valence-corrected chi connectivity index (χ1v) is 10.8. The van der Waals surface area contributed by atoms with Crippen molar-refractivity contribution in [3.63, 3.8) is 0 Å². The SMILES string of the molecule is COc1ccc(Oc2cc(NC(=O)[C@@H]3CC(=O)N(c4ccc(F)c([N+](=O)[O-])c4)C3)ccc2OC)cc1. The molecule has 0 saturated carbocycles. The molecule has 0 spiro atoms. The third-order valence-corrected chi connectivity index (χ3v) is 5.65. The molecule has 10 nitrogen and oxygen atoms in total. The van der Waals surface area contributed by atoms with Gasteiger partial charge >= 0.3 is 5.69 Å². The van der Waals surface area contributed by atoms with E-state index in [1.165, 1.54) is 18.1 Å². The molecule has 3 aromatic carbocycles. The number of rotatable bonds is 8. The summed E-state index contributed by atoms with van der Waals surface area (Å²) in [6, 6.07) is 15.0. The second kappa shape index (κ2) is 10.3. The topological polar surface area (TPSA) is 120 Å². The van der Waals surface area contributed by atoms with E-state index < -0.39 is 34.2 Å². The number of nitrogens with zero attached hydrogens (tertiary/aromatic N) is 2. The summed E-state index contributed by atoms with van der Waals surface area (Å²) < 4.78 is 30.1. The lowest BCUT2D eigenvalue weighted by atomic mass is 10.1. The van der Waals surface area contributed by atoms with Crippen molar-refractivity contribution in [1.82, 2.24) is 0 Å². The smallest absolute Gasteiger partial charge is 0.306 e. The fraction of sp³-hybridized carbons (Fsp3) is 0.200. The minimum absolute atomic E-state index is 0.00118. The van der Waals surface area contributed by atoms with Gasteiger partial charge in [0.05, 0.1) is 30.7 Å². The average molecular weight is 495 g/mol. The second-order valence-electron chi connectivity index (χ2n) is 7.93. The highest BCUT2D eigenvalue weighted by atomic mass is 19.1. The van der Waals surface area contributed by atoms with Crippen molar-refractivity contribution in [2.24, 2.45) is 5.92 Å².